The minimum atomic E-state index is -3.73. The number of esters is 1. The van der Waals surface area contributed by atoms with E-state index in [2.05, 4.69) is 10.0 Å². The zero-order valence-corrected chi connectivity index (χ0v) is 17.9. The van der Waals surface area contributed by atoms with Crippen molar-refractivity contribution in [2.45, 2.75) is 18.7 Å². The minimum absolute atomic E-state index is 0.151. The molecule has 31 heavy (non-hydrogen) atoms. The number of carbonyl (C=O) groups excluding carboxylic acids is 2. The molecule has 0 fully saturated rings. The van der Waals surface area contributed by atoms with Gasteiger partial charge in [0.25, 0.3) is 15.9 Å². The normalized spacial score (nSPS) is 10.9. The molecule has 3 aromatic carbocycles. The summed E-state index contributed by atoms with van der Waals surface area (Å²) in [4.78, 5) is 24.6. The smallest absolute Gasteiger partial charge is 0.338 e. The highest BCUT2D eigenvalue weighted by Crippen LogP contribution is 2.22. The zero-order valence-electron chi connectivity index (χ0n) is 17.1. The van der Waals surface area contributed by atoms with Gasteiger partial charge in [0.2, 0.25) is 0 Å². The van der Waals surface area contributed by atoms with Crippen molar-refractivity contribution in [3.05, 3.63) is 89.5 Å². The van der Waals surface area contributed by atoms with Crippen LogP contribution in [-0.4, -0.2) is 26.9 Å². The predicted octanol–water partition coefficient (Wildman–Crippen LogP) is 4.22. The lowest BCUT2D eigenvalue weighted by Crippen LogP contribution is -2.15. The summed E-state index contributed by atoms with van der Waals surface area (Å²) in [6.45, 7) is 3.69. The van der Waals surface area contributed by atoms with Crippen LogP contribution in [0, 0.1) is 6.92 Å². The summed E-state index contributed by atoms with van der Waals surface area (Å²) in [5.41, 5.74) is 2.10. The summed E-state index contributed by atoms with van der Waals surface area (Å²) < 4.78 is 32.5. The number of nitrogens with one attached hydrogen (secondary N) is 2. The fourth-order valence-corrected chi connectivity index (χ4v) is 4.02. The average Bonchev–Trinajstić information content (AvgIpc) is 2.76. The molecule has 1 amide bonds. The first-order valence-electron chi connectivity index (χ1n) is 9.57. The van der Waals surface area contributed by atoms with Crippen LogP contribution in [0.25, 0.3) is 0 Å². The van der Waals surface area contributed by atoms with Crippen LogP contribution >= 0.6 is 0 Å². The van der Waals surface area contributed by atoms with Gasteiger partial charge in [0, 0.05) is 11.3 Å². The number of hydrogen-bond acceptors (Lipinski definition) is 5. The molecule has 0 aliphatic heterocycles. The third kappa shape index (κ3) is 5.49. The molecule has 7 nitrogen and oxygen atoms in total. The second-order valence-corrected chi connectivity index (χ2v) is 8.39. The summed E-state index contributed by atoms with van der Waals surface area (Å²) in [5.74, 6) is -0.855. The van der Waals surface area contributed by atoms with E-state index in [1.54, 1.807) is 62.4 Å². The molecule has 0 radical (unpaired) electrons. The van der Waals surface area contributed by atoms with Gasteiger partial charge in [-0.25, -0.2) is 13.2 Å². The number of sulfonamides is 1. The van der Waals surface area contributed by atoms with Gasteiger partial charge < -0.3 is 10.1 Å². The first kappa shape index (κ1) is 22.0. The van der Waals surface area contributed by atoms with Crippen LogP contribution in [0.2, 0.25) is 0 Å². The molecule has 0 saturated heterocycles. The second kappa shape index (κ2) is 9.44. The van der Waals surface area contributed by atoms with Gasteiger partial charge in [-0.15, -0.1) is 0 Å². The Balaban J connectivity index is 1.75. The highest BCUT2D eigenvalue weighted by Gasteiger charge is 2.16. The molecule has 0 bridgehead atoms. The maximum atomic E-state index is 12.6. The molecule has 0 atom stereocenters. The van der Waals surface area contributed by atoms with E-state index in [4.69, 9.17) is 4.74 Å². The van der Waals surface area contributed by atoms with Crippen molar-refractivity contribution >= 4 is 33.3 Å². The summed E-state index contributed by atoms with van der Waals surface area (Å²) >= 11 is 0. The van der Waals surface area contributed by atoms with Crippen LogP contribution in [0.5, 0.6) is 0 Å². The molecule has 0 spiro atoms. The Morgan fingerprint density at radius 1 is 0.903 bits per heavy atom. The van der Waals surface area contributed by atoms with Crippen molar-refractivity contribution in [2.24, 2.45) is 0 Å². The Kier molecular flexibility index (Phi) is 6.71. The molecule has 0 unspecified atom stereocenters. The Morgan fingerprint density at radius 2 is 1.65 bits per heavy atom. The highest BCUT2D eigenvalue weighted by molar-refractivity contribution is 7.92. The minimum Gasteiger partial charge on any atom is -0.462 e. The second-order valence-electron chi connectivity index (χ2n) is 6.70. The molecule has 2 N–H and O–H groups in total. The summed E-state index contributed by atoms with van der Waals surface area (Å²) in [6, 6.07) is 19.1. The van der Waals surface area contributed by atoms with Gasteiger partial charge in [0.05, 0.1) is 22.8 Å². The molecule has 3 aromatic rings. The fraction of sp³-hybridized carbons (Fsp3) is 0.130. The van der Waals surface area contributed by atoms with E-state index in [1.165, 1.54) is 24.3 Å². The van der Waals surface area contributed by atoms with Crippen LogP contribution in [0.15, 0.2) is 77.7 Å². The Morgan fingerprint density at radius 3 is 2.32 bits per heavy atom. The van der Waals surface area contributed by atoms with Crippen molar-refractivity contribution in [1.82, 2.24) is 0 Å². The van der Waals surface area contributed by atoms with Crippen LogP contribution in [-0.2, 0) is 14.8 Å². The SMILES string of the molecule is CCOC(=O)c1cccc(NC(=O)c2ccc(NS(=O)(=O)c3ccccc3)c(C)c2)c1. The maximum absolute atomic E-state index is 12.6. The topological polar surface area (TPSA) is 102 Å². The average molecular weight is 439 g/mol. The summed E-state index contributed by atoms with van der Waals surface area (Å²) in [6.07, 6.45) is 0. The third-order valence-corrected chi connectivity index (χ3v) is 5.80. The van der Waals surface area contributed by atoms with E-state index >= 15 is 0 Å². The summed E-state index contributed by atoms with van der Waals surface area (Å²) in [7, 11) is -3.73. The maximum Gasteiger partial charge on any atom is 0.338 e. The van der Waals surface area contributed by atoms with Gasteiger partial charge in [-0.2, -0.15) is 0 Å². The number of carbonyl (C=O) groups is 2. The number of anilines is 2. The Labute approximate surface area is 181 Å². The first-order valence-corrected chi connectivity index (χ1v) is 11.1. The van der Waals surface area contributed by atoms with E-state index in [9.17, 15) is 18.0 Å². The van der Waals surface area contributed by atoms with Gasteiger partial charge in [-0.3, -0.25) is 9.52 Å². The van der Waals surface area contributed by atoms with Crippen LogP contribution < -0.4 is 10.0 Å². The third-order valence-electron chi connectivity index (χ3n) is 4.42. The quantitative estimate of drug-likeness (QED) is 0.538. The number of ether oxygens (including phenoxy) is 1. The Hall–Kier alpha value is -3.65. The predicted molar refractivity (Wildman–Crippen MR) is 119 cm³/mol. The molecule has 0 aliphatic rings. The van der Waals surface area contributed by atoms with Gasteiger partial charge in [-0.1, -0.05) is 24.3 Å². The lowest BCUT2D eigenvalue weighted by Gasteiger charge is -2.12. The molecule has 8 heteroatoms. The van der Waals surface area contributed by atoms with E-state index in [0.717, 1.165) is 0 Å². The van der Waals surface area contributed by atoms with Crippen molar-refractivity contribution in [1.29, 1.82) is 0 Å². The van der Waals surface area contributed by atoms with Crippen LogP contribution in [0.4, 0.5) is 11.4 Å². The molecule has 0 heterocycles. The van der Waals surface area contributed by atoms with Crippen LogP contribution in [0.1, 0.15) is 33.2 Å². The monoisotopic (exact) mass is 438 g/mol. The van der Waals surface area contributed by atoms with Crippen LogP contribution in [0.3, 0.4) is 0 Å². The number of hydrogen-bond donors (Lipinski definition) is 2. The van der Waals surface area contributed by atoms with Gasteiger partial charge in [0.1, 0.15) is 0 Å². The molecule has 3 rings (SSSR count). The Bertz CT molecular complexity index is 1210. The van der Waals surface area contributed by atoms with Crippen molar-refractivity contribution in [2.75, 3.05) is 16.6 Å². The number of amides is 1. The standard InChI is InChI=1S/C23H22N2O5S/c1-3-30-23(27)18-8-7-9-19(15-18)24-22(26)17-12-13-21(16(2)14-17)25-31(28,29)20-10-5-4-6-11-20/h4-15,25H,3H2,1-2H3,(H,24,26). The largest absolute Gasteiger partial charge is 0.462 e. The number of rotatable bonds is 7. The van der Waals surface area contributed by atoms with E-state index in [0.29, 0.717) is 28.1 Å². The van der Waals surface area contributed by atoms with Crippen molar-refractivity contribution in [3.8, 4) is 0 Å². The van der Waals surface area contributed by atoms with E-state index in [-0.39, 0.29) is 17.4 Å². The number of benzene rings is 3. The molecule has 0 aliphatic carbocycles. The molecule has 0 saturated carbocycles. The lowest BCUT2D eigenvalue weighted by molar-refractivity contribution is 0.0526. The summed E-state index contributed by atoms with van der Waals surface area (Å²) in [5, 5.41) is 2.73. The molecular weight excluding hydrogens is 416 g/mol. The van der Waals surface area contributed by atoms with Gasteiger partial charge in [-0.05, 0) is 67.9 Å². The van der Waals surface area contributed by atoms with E-state index < -0.39 is 16.0 Å². The molecule has 160 valence electrons. The zero-order chi connectivity index (χ0) is 22.4. The van der Waals surface area contributed by atoms with E-state index in [1.807, 2.05) is 0 Å². The molecular formula is C23H22N2O5S. The highest BCUT2D eigenvalue weighted by atomic mass is 32.2. The van der Waals surface area contributed by atoms with Crippen molar-refractivity contribution in [3.63, 3.8) is 0 Å². The van der Waals surface area contributed by atoms with Crippen molar-refractivity contribution < 1.29 is 22.7 Å². The lowest BCUT2D eigenvalue weighted by atomic mass is 10.1. The van der Waals surface area contributed by atoms with Gasteiger partial charge in [0.15, 0.2) is 0 Å². The molecule has 0 aromatic heterocycles. The fourth-order valence-electron chi connectivity index (χ4n) is 2.86. The first-order chi connectivity index (χ1) is 14.8. The number of aryl methyl sites for hydroxylation is 1. The van der Waals surface area contributed by atoms with Gasteiger partial charge >= 0.3 is 5.97 Å².